The van der Waals surface area contributed by atoms with E-state index in [-0.39, 0.29) is 6.10 Å². The van der Waals surface area contributed by atoms with E-state index in [9.17, 15) is 0 Å². The number of rotatable bonds is 3. The molecule has 1 aliphatic heterocycles. The molecule has 0 saturated heterocycles. The van der Waals surface area contributed by atoms with Crippen molar-refractivity contribution in [2.24, 2.45) is 5.73 Å². The van der Waals surface area contributed by atoms with E-state index >= 15 is 0 Å². The molecule has 1 aromatic heterocycles. The fourth-order valence-corrected chi connectivity index (χ4v) is 3.11. The minimum absolute atomic E-state index is 0.0566. The summed E-state index contributed by atoms with van der Waals surface area (Å²) in [6.07, 6.45) is 0.914. The number of para-hydroxylation sites is 2. The number of fused-ring (bicyclic) bond motifs is 2. The van der Waals surface area contributed by atoms with Crippen molar-refractivity contribution < 1.29 is 9.47 Å². The Hall–Kier alpha value is -2.59. The highest BCUT2D eigenvalue weighted by Gasteiger charge is 2.25. The second-order valence-electron chi connectivity index (χ2n) is 5.70. The Kier molecular flexibility index (Phi) is 3.39. The summed E-state index contributed by atoms with van der Waals surface area (Å²) in [5.41, 5.74) is 9.70. The van der Waals surface area contributed by atoms with E-state index < -0.39 is 0 Å². The molecule has 0 radical (unpaired) electrons. The van der Waals surface area contributed by atoms with Crippen LogP contribution in [0.15, 0.2) is 48.5 Å². The van der Waals surface area contributed by atoms with E-state index in [0.717, 1.165) is 40.1 Å². The first kappa shape index (κ1) is 14.0. The van der Waals surface area contributed by atoms with Gasteiger partial charge in [0.25, 0.3) is 0 Å². The van der Waals surface area contributed by atoms with Crippen LogP contribution in [-0.2, 0) is 6.42 Å². The van der Waals surface area contributed by atoms with Crippen LogP contribution in [0.4, 0.5) is 0 Å². The number of aromatic nitrogens is 1. The smallest absolute Gasteiger partial charge is 0.145 e. The van der Waals surface area contributed by atoms with Crippen molar-refractivity contribution in [1.82, 2.24) is 4.98 Å². The van der Waals surface area contributed by atoms with Crippen molar-refractivity contribution in [3.63, 3.8) is 0 Å². The van der Waals surface area contributed by atoms with Gasteiger partial charge in [0.05, 0.1) is 12.8 Å². The second-order valence-corrected chi connectivity index (χ2v) is 5.70. The van der Waals surface area contributed by atoms with Gasteiger partial charge in [-0.05, 0) is 23.8 Å². The Bertz CT molecular complexity index is 876. The molecule has 23 heavy (non-hydrogen) atoms. The molecule has 2 N–H and O–H groups in total. The highest BCUT2D eigenvalue weighted by atomic mass is 16.5. The zero-order valence-corrected chi connectivity index (χ0v) is 13.0. The van der Waals surface area contributed by atoms with Crippen molar-refractivity contribution in [3.8, 4) is 22.8 Å². The average molecular weight is 306 g/mol. The van der Waals surface area contributed by atoms with Gasteiger partial charge >= 0.3 is 0 Å². The van der Waals surface area contributed by atoms with Crippen LogP contribution < -0.4 is 15.2 Å². The van der Waals surface area contributed by atoms with Gasteiger partial charge in [0.15, 0.2) is 0 Å². The van der Waals surface area contributed by atoms with E-state index in [1.807, 2.05) is 36.4 Å². The molecule has 0 fully saturated rings. The molecule has 0 spiro atoms. The second kappa shape index (κ2) is 5.56. The van der Waals surface area contributed by atoms with Crippen LogP contribution in [0.25, 0.3) is 22.2 Å². The molecule has 4 rings (SSSR count). The van der Waals surface area contributed by atoms with Gasteiger partial charge in [-0.15, -0.1) is 0 Å². The molecule has 116 valence electrons. The maximum Gasteiger partial charge on any atom is 0.145 e. The first-order chi connectivity index (χ1) is 11.3. The summed E-state index contributed by atoms with van der Waals surface area (Å²) in [6.45, 7) is 0.521. The van der Waals surface area contributed by atoms with Crippen molar-refractivity contribution in [1.29, 1.82) is 0 Å². The van der Waals surface area contributed by atoms with Gasteiger partial charge in [0.1, 0.15) is 23.1 Å². The molecular weight excluding hydrogens is 288 g/mol. The summed E-state index contributed by atoms with van der Waals surface area (Å²) >= 11 is 0. The molecule has 2 aromatic carbocycles. The maximum absolute atomic E-state index is 6.01. The number of pyridine rings is 1. The fourth-order valence-electron chi connectivity index (χ4n) is 3.11. The largest absolute Gasteiger partial charge is 0.494 e. The van der Waals surface area contributed by atoms with Crippen molar-refractivity contribution >= 4 is 10.9 Å². The van der Waals surface area contributed by atoms with Crippen LogP contribution in [0.5, 0.6) is 11.5 Å². The van der Waals surface area contributed by atoms with Crippen LogP contribution in [0.3, 0.4) is 0 Å². The van der Waals surface area contributed by atoms with Gasteiger partial charge < -0.3 is 15.2 Å². The van der Waals surface area contributed by atoms with Crippen molar-refractivity contribution in [2.75, 3.05) is 13.7 Å². The predicted molar refractivity (Wildman–Crippen MR) is 90.9 cm³/mol. The van der Waals surface area contributed by atoms with Crippen LogP contribution >= 0.6 is 0 Å². The number of nitrogens with two attached hydrogens (primary N) is 1. The summed E-state index contributed by atoms with van der Waals surface area (Å²) in [4.78, 5) is 4.81. The molecule has 1 atom stereocenters. The van der Waals surface area contributed by atoms with E-state index in [2.05, 4.69) is 12.1 Å². The first-order valence-corrected chi connectivity index (χ1v) is 7.73. The fraction of sp³-hybridized carbons (Fsp3) is 0.211. The molecular formula is C19H18N2O2. The van der Waals surface area contributed by atoms with E-state index in [1.165, 1.54) is 5.56 Å². The summed E-state index contributed by atoms with van der Waals surface area (Å²) in [5, 5.41) is 1.06. The SMILES string of the molecule is COc1cccc2ccc(-c3cccc4c3O[C@@H](CN)C4)nc12. The quantitative estimate of drug-likeness (QED) is 0.807. The molecule has 2 heterocycles. The molecule has 0 saturated carbocycles. The van der Waals surface area contributed by atoms with E-state index in [0.29, 0.717) is 6.54 Å². The molecule has 0 aliphatic carbocycles. The molecule has 3 aromatic rings. The normalized spacial score (nSPS) is 16.2. The zero-order chi connectivity index (χ0) is 15.8. The number of hydrogen-bond acceptors (Lipinski definition) is 4. The molecule has 4 heteroatoms. The summed E-state index contributed by atoms with van der Waals surface area (Å²) < 4.78 is 11.4. The Morgan fingerprint density at radius 2 is 2.04 bits per heavy atom. The number of ether oxygens (including phenoxy) is 2. The molecule has 0 unspecified atom stereocenters. The van der Waals surface area contributed by atoms with Crippen LogP contribution in [0.2, 0.25) is 0 Å². The Morgan fingerprint density at radius 1 is 1.17 bits per heavy atom. The summed E-state index contributed by atoms with van der Waals surface area (Å²) in [5.74, 6) is 1.68. The van der Waals surface area contributed by atoms with E-state index in [1.54, 1.807) is 7.11 Å². The number of benzene rings is 2. The van der Waals surface area contributed by atoms with Gasteiger partial charge in [-0.1, -0.05) is 30.3 Å². The maximum atomic E-state index is 6.01. The van der Waals surface area contributed by atoms with Gasteiger partial charge in [0, 0.05) is 23.9 Å². The lowest BCUT2D eigenvalue weighted by atomic mass is 10.0. The lowest BCUT2D eigenvalue weighted by Crippen LogP contribution is -2.24. The number of hydrogen-bond donors (Lipinski definition) is 1. The molecule has 1 aliphatic rings. The van der Waals surface area contributed by atoms with Crippen LogP contribution in [0.1, 0.15) is 5.56 Å². The number of nitrogens with zero attached hydrogens (tertiary/aromatic N) is 1. The number of methoxy groups -OCH3 is 1. The standard InChI is InChI=1S/C19H18N2O2/c1-22-17-7-3-4-12-8-9-16(21-18(12)17)15-6-2-5-13-10-14(11-20)23-19(13)15/h2-9,14H,10-11,20H2,1H3/t14-/m1/s1. The third kappa shape index (κ3) is 2.32. The Morgan fingerprint density at radius 3 is 2.87 bits per heavy atom. The third-order valence-electron chi connectivity index (χ3n) is 4.27. The Labute approximate surface area is 134 Å². The minimum Gasteiger partial charge on any atom is -0.494 e. The lowest BCUT2D eigenvalue weighted by Gasteiger charge is -2.11. The topological polar surface area (TPSA) is 57.4 Å². The van der Waals surface area contributed by atoms with Gasteiger partial charge in [-0.3, -0.25) is 0 Å². The van der Waals surface area contributed by atoms with Crippen molar-refractivity contribution in [3.05, 3.63) is 54.1 Å². The zero-order valence-electron chi connectivity index (χ0n) is 13.0. The Balaban J connectivity index is 1.87. The molecule has 4 nitrogen and oxygen atoms in total. The van der Waals surface area contributed by atoms with Crippen LogP contribution in [0, 0.1) is 0 Å². The van der Waals surface area contributed by atoms with Gasteiger partial charge in [-0.25, -0.2) is 4.98 Å². The molecule has 0 bridgehead atoms. The monoisotopic (exact) mass is 306 g/mol. The van der Waals surface area contributed by atoms with Gasteiger partial charge in [-0.2, -0.15) is 0 Å². The average Bonchev–Trinajstić information content (AvgIpc) is 3.04. The highest BCUT2D eigenvalue weighted by molar-refractivity contribution is 5.87. The minimum atomic E-state index is 0.0566. The third-order valence-corrected chi connectivity index (χ3v) is 4.27. The van der Waals surface area contributed by atoms with Crippen LogP contribution in [-0.4, -0.2) is 24.7 Å². The highest BCUT2D eigenvalue weighted by Crippen LogP contribution is 2.38. The lowest BCUT2D eigenvalue weighted by molar-refractivity contribution is 0.242. The van der Waals surface area contributed by atoms with Gasteiger partial charge in [0.2, 0.25) is 0 Å². The summed E-state index contributed by atoms with van der Waals surface area (Å²) in [7, 11) is 1.66. The first-order valence-electron chi connectivity index (χ1n) is 7.73. The molecule has 0 amide bonds. The van der Waals surface area contributed by atoms with Crippen molar-refractivity contribution in [2.45, 2.75) is 12.5 Å². The summed E-state index contributed by atoms with van der Waals surface area (Å²) in [6, 6.07) is 16.2. The van der Waals surface area contributed by atoms with E-state index in [4.69, 9.17) is 20.2 Å². The predicted octanol–water partition coefficient (Wildman–Crippen LogP) is 3.17.